The SMILES string of the molecule is CC(N)c1cc(Br)ccc1Oc1cccc(C#N)c1. The Hall–Kier alpha value is -1.83. The van der Waals surface area contributed by atoms with Crippen molar-refractivity contribution in [2.75, 3.05) is 0 Å². The number of nitriles is 1. The van der Waals surface area contributed by atoms with Crippen molar-refractivity contribution in [2.45, 2.75) is 13.0 Å². The lowest BCUT2D eigenvalue weighted by molar-refractivity contribution is 0.472. The van der Waals surface area contributed by atoms with Crippen molar-refractivity contribution in [3.05, 3.63) is 58.1 Å². The summed E-state index contributed by atoms with van der Waals surface area (Å²) in [6.07, 6.45) is 0. The van der Waals surface area contributed by atoms with Gasteiger partial charge in [0.1, 0.15) is 11.5 Å². The molecule has 1 atom stereocenters. The van der Waals surface area contributed by atoms with Crippen molar-refractivity contribution in [3.8, 4) is 17.6 Å². The van der Waals surface area contributed by atoms with Crippen LogP contribution in [0.1, 0.15) is 24.1 Å². The lowest BCUT2D eigenvalue weighted by Crippen LogP contribution is -2.06. The topological polar surface area (TPSA) is 59.0 Å². The van der Waals surface area contributed by atoms with E-state index in [-0.39, 0.29) is 6.04 Å². The van der Waals surface area contributed by atoms with E-state index in [1.54, 1.807) is 18.2 Å². The zero-order valence-corrected chi connectivity index (χ0v) is 12.0. The van der Waals surface area contributed by atoms with Crippen molar-refractivity contribution in [3.63, 3.8) is 0 Å². The van der Waals surface area contributed by atoms with E-state index < -0.39 is 0 Å². The largest absolute Gasteiger partial charge is 0.457 e. The maximum Gasteiger partial charge on any atom is 0.132 e. The lowest BCUT2D eigenvalue weighted by Gasteiger charge is -2.14. The summed E-state index contributed by atoms with van der Waals surface area (Å²) in [7, 11) is 0. The van der Waals surface area contributed by atoms with Gasteiger partial charge in [-0.25, -0.2) is 0 Å². The third kappa shape index (κ3) is 3.34. The molecule has 0 radical (unpaired) electrons. The van der Waals surface area contributed by atoms with Gasteiger partial charge in [0, 0.05) is 16.1 Å². The molecule has 1 unspecified atom stereocenters. The highest BCUT2D eigenvalue weighted by atomic mass is 79.9. The number of nitrogens with zero attached hydrogens (tertiary/aromatic N) is 1. The van der Waals surface area contributed by atoms with Crippen LogP contribution in [0, 0.1) is 11.3 Å². The molecule has 96 valence electrons. The van der Waals surface area contributed by atoms with Crippen LogP contribution in [-0.4, -0.2) is 0 Å². The number of rotatable bonds is 3. The van der Waals surface area contributed by atoms with Crippen LogP contribution in [0.5, 0.6) is 11.5 Å². The zero-order valence-electron chi connectivity index (χ0n) is 10.4. The zero-order chi connectivity index (χ0) is 13.8. The molecule has 3 nitrogen and oxygen atoms in total. The Labute approximate surface area is 120 Å². The molecule has 4 heteroatoms. The van der Waals surface area contributed by atoms with E-state index in [0.29, 0.717) is 17.1 Å². The van der Waals surface area contributed by atoms with Crippen molar-refractivity contribution >= 4 is 15.9 Å². The van der Waals surface area contributed by atoms with Crippen molar-refractivity contribution in [2.24, 2.45) is 5.73 Å². The molecule has 2 aromatic rings. The maximum atomic E-state index is 8.88. The summed E-state index contributed by atoms with van der Waals surface area (Å²) in [5.41, 5.74) is 7.42. The van der Waals surface area contributed by atoms with Gasteiger partial charge in [0.25, 0.3) is 0 Å². The molecule has 0 saturated carbocycles. The monoisotopic (exact) mass is 316 g/mol. The van der Waals surface area contributed by atoms with Crippen LogP contribution < -0.4 is 10.5 Å². The summed E-state index contributed by atoms with van der Waals surface area (Å²) in [5, 5.41) is 8.88. The molecule has 2 N–H and O–H groups in total. The second-order valence-corrected chi connectivity index (χ2v) is 5.13. The molecule has 0 heterocycles. The van der Waals surface area contributed by atoms with Crippen LogP contribution in [0.3, 0.4) is 0 Å². The van der Waals surface area contributed by atoms with E-state index >= 15 is 0 Å². The van der Waals surface area contributed by atoms with E-state index in [1.807, 2.05) is 31.2 Å². The van der Waals surface area contributed by atoms with Gasteiger partial charge >= 0.3 is 0 Å². The van der Waals surface area contributed by atoms with Gasteiger partial charge in [0.2, 0.25) is 0 Å². The highest BCUT2D eigenvalue weighted by Gasteiger charge is 2.10. The summed E-state index contributed by atoms with van der Waals surface area (Å²) < 4.78 is 6.77. The van der Waals surface area contributed by atoms with Crippen molar-refractivity contribution in [1.29, 1.82) is 5.26 Å². The van der Waals surface area contributed by atoms with Crippen LogP contribution in [0.25, 0.3) is 0 Å². The predicted octanol–water partition coefficient (Wildman–Crippen LogP) is 4.13. The predicted molar refractivity (Wildman–Crippen MR) is 78.0 cm³/mol. The third-order valence-electron chi connectivity index (χ3n) is 2.65. The molecule has 0 aliphatic carbocycles. The Balaban J connectivity index is 2.35. The number of hydrogen-bond acceptors (Lipinski definition) is 3. The second-order valence-electron chi connectivity index (χ2n) is 4.21. The molecule has 0 aromatic heterocycles. The number of nitrogens with two attached hydrogens (primary N) is 1. The van der Waals surface area contributed by atoms with E-state index in [4.69, 9.17) is 15.7 Å². The van der Waals surface area contributed by atoms with Crippen LogP contribution in [0.15, 0.2) is 46.9 Å². The van der Waals surface area contributed by atoms with Crippen LogP contribution >= 0.6 is 15.9 Å². The molecule has 0 amide bonds. The van der Waals surface area contributed by atoms with Gasteiger partial charge in [0.15, 0.2) is 0 Å². The summed E-state index contributed by atoms with van der Waals surface area (Å²) in [6, 6.07) is 14.7. The quantitative estimate of drug-likeness (QED) is 0.926. The lowest BCUT2D eigenvalue weighted by atomic mass is 10.1. The average Bonchev–Trinajstić information content (AvgIpc) is 2.41. The van der Waals surface area contributed by atoms with Gasteiger partial charge in [-0.2, -0.15) is 5.26 Å². The fourth-order valence-corrected chi connectivity index (χ4v) is 2.10. The Morgan fingerprint density at radius 1 is 1.26 bits per heavy atom. The molecule has 0 aliphatic rings. The van der Waals surface area contributed by atoms with Gasteiger partial charge in [-0.15, -0.1) is 0 Å². The van der Waals surface area contributed by atoms with Crippen LogP contribution in [0.4, 0.5) is 0 Å². The Morgan fingerprint density at radius 2 is 2.05 bits per heavy atom. The standard InChI is InChI=1S/C15H13BrN2O/c1-10(18)14-8-12(16)5-6-15(14)19-13-4-2-3-11(7-13)9-17/h2-8,10H,18H2,1H3. The normalized spacial score (nSPS) is 11.7. The minimum atomic E-state index is -0.133. The molecule has 0 spiro atoms. The molecular formula is C15H13BrN2O. The smallest absolute Gasteiger partial charge is 0.132 e. The van der Waals surface area contributed by atoms with Gasteiger partial charge in [-0.3, -0.25) is 0 Å². The minimum absolute atomic E-state index is 0.133. The molecule has 2 rings (SSSR count). The fourth-order valence-electron chi connectivity index (χ4n) is 1.72. The molecule has 0 aliphatic heterocycles. The number of halogens is 1. The Bertz CT molecular complexity index is 632. The molecular weight excluding hydrogens is 304 g/mol. The van der Waals surface area contributed by atoms with Crippen LogP contribution in [-0.2, 0) is 0 Å². The van der Waals surface area contributed by atoms with Crippen molar-refractivity contribution < 1.29 is 4.74 Å². The maximum absolute atomic E-state index is 8.88. The first-order chi connectivity index (χ1) is 9.10. The number of hydrogen-bond donors (Lipinski definition) is 1. The minimum Gasteiger partial charge on any atom is -0.457 e. The van der Waals surface area contributed by atoms with Gasteiger partial charge in [-0.1, -0.05) is 22.0 Å². The van der Waals surface area contributed by atoms with Gasteiger partial charge < -0.3 is 10.5 Å². The average molecular weight is 317 g/mol. The Kier molecular flexibility index (Phi) is 4.20. The van der Waals surface area contributed by atoms with Crippen molar-refractivity contribution in [1.82, 2.24) is 0 Å². The fraction of sp³-hybridized carbons (Fsp3) is 0.133. The number of benzene rings is 2. The third-order valence-corrected chi connectivity index (χ3v) is 3.15. The highest BCUT2D eigenvalue weighted by Crippen LogP contribution is 2.31. The number of ether oxygens (including phenoxy) is 1. The second kappa shape index (κ2) is 5.87. The molecule has 2 aromatic carbocycles. The summed E-state index contributed by atoms with van der Waals surface area (Å²) in [6.45, 7) is 1.90. The van der Waals surface area contributed by atoms with Gasteiger partial charge in [-0.05, 0) is 43.3 Å². The van der Waals surface area contributed by atoms with E-state index in [9.17, 15) is 0 Å². The molecule has 0 fully saturated rings. The summed E-state index contributed by atoms with van der Waals surface area (Å²) >= 11 is 3.42. The highest BCUT2D eigenvalue weighted by molar-refractivity contribution is 9.10. The first kappa shape index (κ1) is 13.6. The van der Waals surface area contributed by atoms with E-state index in [2.05, 4.69) is 22.0 Å². The first-order valence-corrected chi connectivity index (χ1v) is 6.62. The Morgan fingerprint density at radius 3 is 2.74 bits per heavy atom. The summed E-state index contributed by atoms with van der Waals surface area (Å²) in [4.78, 5) is 0. The summed E-state index contributed by atoms with van der Waals surface area (Å²) in [5.74, 6) is 1.33. The van der Waals surface area contributed by atoms with Crippen LogP contribution in [0.2, 0.25) is 0 Å². The van der Waals surface area contributed by atoms with Gasteiger partial charge in [0.05, 0.1) is 11.6 Å². The molecule has 19 heavy (non-hydrogen) atoms. The van der Waals surface area contributed by atoms with E-state index in [0.717, 1.165) is 10.0 Å². The molecule has 0 bridgehead atoms. The van der Waals surface area contributed by atoms with E-state index in [1.165, 1.54) is 0 Å². The first-order valence-electron chi connectivity index (χ1n) is 5.83. The molecule has 0 saturated heterocycles.